The van der Waals surface area contributed by atoms with E-state index in [1.807, 2.05) is 0 Å². The van der Waals surface area contributed by atoms with Gasteiger partial charge in [0.1, 0.15) is 11.3 Å². The van der Waals surface area contributed by atoms with E-state index in [0.717, 1.165) is 51.1 Å². The van der Waals surface area contributed by atoms with E-state index in [0.29, 0.717) is 0 Å². The smallest absolute Gasteiger partial charge is 0.203 e. The van der Waals surface area contributed by atoms with Crippen LogP contribution in [0.25, 0.3) is 21.8 Å². The fraction of sp³-hybridized carbons (Fsp3) is 0.281. The van der Waals surface area contributed by atoms with Crippen LogP contribution in [0.2, 0.25) is 0 Å². The second-order valence-electron chi connectivity index (χ2n) is 9.40. The Labute approximate surface area is 208 Å². The van der Waals surface area contributed by atoms with Crippen LogP contribution in [-0.2, 0) is 19.5 Å². The van der Waals surface area contributed by atoms with Gasteiger partial charge in [-0.15, -0.1) is 0 Å². The minimum absolute atomic E-state index is 0.770. The van der Waals surface area contributed by atoms with Crippen molar-refractivity contribution in [2.75, 3.05) is 6.61 Å². The Kier molecular flexibility index (Phi) is 7.13. The fourth-order valence-electron chi connectivity index (χ4n) is 5.02. The molecule has 0 saturated carbocycles. The number of rotatable bonds is 10. The summed E-state index contributed by atoms with van der Waals surface area (Å²) < 4.78 is 11.0. The van der Waals surface area contributed by atoms with Crippen LogP contribution in [-0.4, -0.2) is 11.2 Å². The van der Waals surface area contributed by atoms with Crippen molar-refractivity contribution in [2.45, 2.75) is 52.6 Å². The number of aromatic nitrogens is 2. The zero-order valence-corrected chi connectivity index (χ0v) is 20.9. The molecule has 178 valence electrons. The average molecular weight is 464 g/mol. The first-order valence-electron chi connectivity index (χ1n) is 12.9. The first-order valence-corrected chi connectivity index (χ1v) is 12.9. The molecule has 0 amide bonds. The molecule has 0 atom stereocenters. The molecule has 0 aliphatic carbocycles. The second kappa shape index (κ2) is 10.8. The van der Waals surface area contributed by atoms with E-state index in [-0.39, 0.29) is 0 Å². The van der Waals surface area contributed by atoms with Crippen LogP contribution in [0.3, 0.4) is 0 Å². The quantitative estimate of drug-likeness (QED) is 0.158. The molecule has 3 aromatic carbocycles. The van der Waals surface area contributed by atoms with Crippen molar-refractivity contribution in [1.82, 2.24) is 4.57 Å². The van der Waals surface area contributed by atoms with Gasteiger partial charge in [0.25, 0.3) is 0 Å². The summed E-state index contributed by atoms with van der Waals surface area (Å²) in [4.78, 5) is 0. The number of aryl methyl sites for hydroxylation is 3. The van der Waals surface area contributed by atoms with Crippen molar-refractivity contribution >= 4 is 21.8 Å². The van der Waals surface area contributed by atoms with Crippen molar-refractivity contribution in [1.29, 1.82) is 0 Å². The molecule has 0 radical (unpaired) electrons. The predicted molar refractivity (Wildman–Crippen MR) is 145 cm³/mol. The third-order valence-electron chi connectivity index (χ3n) is 6.92. The molecule has 0 saturated heterocycles. The predicted octanol–water partition coefficient (Wildman–Crippen LogP) is 7.25. The third-order valence-corrected chi connectivity index (χ3v) is 6.92. The van der Waals surface area contributed by atoms with Gasteiger partial charge in [0.2, 0.25) is 5.69 Å². The Bertz CT molecular complexity index is 1400. The molecule has 35 heavy (non-hydrogen) atoms. The number of fused-ring (bicyclic) bond motifs is 3. The monoisotopic (exact) mass is 463 g/mol. The van der Waals surface area contributed by atoms with Gasteiger partial charge in [-0.2, -0.15) is 4.57 Å². The highest BCUT2D eigenvalue weighted by molar-refractivity contribution is 6.08. The molecule has 0 spiro atoms. The molecular formula is C32H35N2O+. The van der Waals surface area contributed by atoms with Crippen molar-refractivity contribution in [3.63, 3.8) is 0 Å². The lowest BCUT2D eigenvalue weighted by Crippen LogP contribution is -2.37. The Morgan fingerprint density at radius 1 is 0.800 bits per heavy atom. The first-order chi connectivity index (χ1) is 17.2. The highest BCUT2D eigenvalue weighted by Crippen LogP contribution is 2.33. The van der Waals surface area contributed by atoms with Crippen LogP contribution in [0.15, 0.2) is 91.1 Å². The largest absolute Gasteiger partial charge is 0.494 e. The van der Waals surface area contributed by atoms with E-state index in [2.05, 4.69) is 114 Å². The molecule has 0 bridgehead atoms. The van der Waals surface area contributed by atoms with Crippen LogP contribution < -0.4 is 9.30 Å². The van der Waals surface area contributed by atoms with Gasteiger partial charge in [-0.3, -0.25) is 0 Å². The summed E-state index contributed by atoms with van der Waals surface area (Å²) >= 11 is 0. The average Bonchev–Trinajstić information content (AvgIpc) is 3.21. The molecule has 5 aromatic rings. The summed E-state index contributed by atoms with van der Waals surface area (Å²) in [5, 5.41) is 2.62. The summed E-state index contributed by atoms with van der Waals surface area (Å²) in [6, 6.07) is 30.4. The number of hydrogen-bond donors (Lipinski definition) is 0. The van der Waals surface area contributed by atoms with E-state index in [4.69, 9.17) is 4.74 Å². The molecule has 0 N–H and O–H groups in total. The van der Waals surface area contributed by atoms with Crippen LogP contribution in [0.4, 0.5) is 0 Å². The SMILES string of the molecule is CCCCOc1ccc2c3cc[n+](Cc4ccccc4)c(C)c3n(CCCc3ccccc3)c2c1. The number of unbranched alkanes of at least 4 members (excludes halogenated alkanes) is 1. The van der Waals surface area contributed by atoms with E-state index in [1.165, 1.54) is 38.6 Å². The standard InChI is InChI=1S/C32H35N2O/c1-3-4-22-35-28-17-18-29-30-19-21-33(24-27-14-9-6-10-15-27)25(2)32(30)34(31(29)23-28)20-11-16-26-12-7-5-8-13-26/h5-10,12-15,17-19,21,23H,3-4,11,16,20,22,24H2,1-2H3/q+1. The van der Waals surface area contributed by atoms with E-state index in [1.54, 1.807) is 0 Å². The van der Waals surface area contributed by atoms with Crippen LogP contribution >= 0.6 is 0 Å². The normalized spacial score (nSPS) is 11.4. The van der Waals surface area contributed by atoms with E-state index >= 15 is 0 Å². The molecule has 3 nitrogen and oxygen atoms in total. The lowest BCUT2D eigenvalue weighted by atomic mass is 10.1. The van der Waals surface area contributed by atoms with Gasteiger partial charge in [-0.1, -0.05) is 74.0 Å². The summed E-state index contributed by atoms with van der Waals surface area (Å²) in [5.74, 6) is 0.966. The molecule has 0 aliphatic heterocycles. The highest BCUT2D eigenvalue weighted by Gasteiger charge is 2.20. The third kappa shape index (κ3) is 5.09. The molecule has 0 aliphatic rings. The number of pyridine rings is 1. The Hall–Kier alpha value is -3.59. The van der Waals surface area contributed by atoms with E-state index in [9.17, 15) is 0 Å². The number of ether oxygens (including phenoxy) is 1. The summed E-state index contributed by atoms with van der Waals surface area (Å²) in [7, 11) is 0. The van der Waals surface area contributed by atoms with Crippen LogP contribution in [0.5, 0.6) is 5.75 Å². The Morgan fingerprint density at radius 3 is 2.29 bits per heavy atom. The first kappa shape index (κ1) is 23.2. The minimum Gasteiger partial charge on any atom is -0.494 e. The van der Waals surface area contributed by atoms with Gasteiger partial charge in [-0.05, 0) is 37.0 Å². The minimum atomic E-state index is 0.770. The number of benzene rings is 3. The second-order valence-corrected chi connectivity index (χ2v) is 9.40. The number of nitrogens with zero attached hydrogens (tertiary/aromatic N) is 2. The van der Waals surface area contributed by atoms with Gasteiger partial charge < -0.3 is 9.30 Å². The van der Waals surface area contributed by atoms with Crippen LogP contribution in [0, 0.1) is 6.92 Å². The Balaban J connectivity index is 1.55. The maximum absolute atomic E-state index is 6.09. The topological polar surface area (TPSA) is 18.0 Å². The zero-order chi connectivity index (χ0) is 24.0. The maximum Gasteiger partial charge on any atom is 0.203 e. The fourth-order valence-corrected chi connectivity index (χ4v) is 5.02. The van der Waals surface area contributed by atoms with Crippen molar-refractivity contribution in [2.24, 2.45) is 0 Å². The lowest BCUT2D eigenvalue weighted by molar-refractivity contribution is -0.693. The lowest BCUT2D eigenvalue weighted by Gasteiger charge is -2.10. The maximum atomic E-state index is 6.09. The molecular weight excluding hydrogens is 428 g/mol. The summed E-state index contributed by atoms with van der Waals surface area (Å²) in [6.45, 7) is 7.08. The van der Waals surface area contributed by atoms with Crippen molar-refractivity contribution in [3.05, 3.63) is 108 Å². The molecule has 0 unspecified atom stereocenters. The zero-order valence-electron chi connectivity index (χ0n) is 20.9. The highest BCUT2D eigenvalue weighted by atomic mass is 16.5. The molecule has 2 heterocycles. The van der Waals surface area contributed by atoms with Gasteiger partial charge in [0, 0.05) is 41.9 Å². The Morgan fingerprint density at radius 2 is 1.54 bits per heavy atom. The van der Waals surface area contributed by atoms with Crippen molar-refractivity contribution in [3.8, 4) is 5.75 Å². The number of hydrogen-bond acceptors (Lipinski definition) is 1. The molecule has 3 heteroatoms. The summed E-state index contributed by atoms with van der Waals surface area (Å²) in [6.07, 6.45) is 6.63. The molecule has 2 aromatic heterocycles. The van der Waals surface area contributed by atoms with Crippen LogP contribution in [0.1, 0.15) is 43.0 Å². The van der Waals surface area contributed by atoms with Gasteiger partial charge in [0.05, 0.1) is 12.1 Å². The van der Waals surface area contributed by atoms with Gasteiger partial charge in [-0.25, -0.2) is 0 Å². The van der Waals surface area contributed by atoms with E-state index < -0.39 is 0 Å². The van der Waals surface area contributed by atoms with Crippen molar-refractivity contribution < 1.29 is 9.30 Å². The molecule has 0 fully saturated rings. The molecule has 5 rings (SSSR count). The van der Waals surface area contributed by atoms with Gasteiger partial charge in [0.15, 0.2) is 12.7 Å². The summed E-state index contributed by atoms with van der Waals surface area (Å²) in [5.41, 5.74) is 6.61. The van der Waals surface area contributed by atoms with Gasteiger partial charge >= 0.3 is 0 Å².